The van der Waals surface area contributed by atoms with Gasteiger partial charge in [-0.25, -0.2) is 0 Å². The lowest BCUT2D eigenvalue weighted by molar-refractivity contribution is -0.136. The minimum absolute atomic E-state index is 0.0381. The first kappa shape index (κ1) is 13.4. The fourth-order valence-electron chi connectivity index (χ4n) is 2.19. The molecule has 0 aliphatic carbocycles. The van der Waals surface area contributed by atoms with Crippen LogP contribution in [0.4, 0.5) is 0 Å². The molecule has 0 aromatic heterocycles. The van der Waals surface area contributed by atoms with Gasteiger partial charge in [-0.2, -0.15) is 11.8 Å². The van der Waals surface area contributed by atoms with Crippen LogP contribution >= 0.6 is 11.8 Å². The number of hydrogen-bond acceptors (Lipinski definition) is 3. The van der Waals surface area contributed by atoms with Crippen LogP contribution < -0.4 is 5.73 Å². The molecule has 18 heavy (non-hydrogen) atoms. The SMILES string of the molecule is CC(N)(C(=O)N1CCCSCC1)c1ccccc1. The van der Waals surface area contributed by atoms with E-state index in [-0.39, 0.29) is 5.91 Å². The highest BCUT2D eigenvalue weighted by molar-refractivity contribution is 7.99. The monoisotopic (exact) mass is 264 g/mol. The van der Waals surface area contributed by atoms with Crippen molar-refractivity contribution in [1.29, 1.82) is 0 Å². The van der Waals surface area contributed by atoms with E-state index in [0.717, 1.165) is 36.6 Å². The third-order valence-corrected chi connectivity index (χ3v) is 4.38. The molecule has 1 aliphatic rings. The van der Waals surface area contributed by atoms with Gasteiger partial charge in [0.2, 0.25) is 5.91 Å². The number of hydrogen-bond donors (Lipinski definition) is 1. The fourth-order valence-corrected chi connectivity index (χ4v) is 3.07. The molecule has 0 bridgehead atoms. The standard InChI is InChI=1S/C14H20N2OS/c1-14(15,12-6-3-2-4-7-12)13(17)16-8-5-10-18-11-9-16/h2-4,6-7H,5,8-11,15H2,1H3. The maximum Gasteiger partial charge on any atom is 0.247 e. The van der Waals surface area contributed by atoms with E-state index in [1.54, 1.807) is 0 Å². The Bertz CT molecular complexity index is 398. The quantitative estimate of drug-likeness (QED) is 0.886. The maximum atomic E-state index is 12.6. The smallest absolute Gasteiger partial charge is 0.247 e. The van der Waals surface area contributed by atoms with E-state index >= 15 is 0 Å². The molecule has 0 radical (unpaired) electrons. The summed E-state index contributed by atoms with van der Waals surface area (Å²) in [6.45, 7) is 3.44. The molecular formula is C14H20N2OS. The lowest BCUT2D eigenvalue weighted by Crippen LogP contribution is -2.51. The van der Waals surface area contributed by atoms with E-state index in [0.29, 0.717) is 0 Å². The summed E-state index contributed by atoms with van der Waals surface area (Å²) in [6.07, 6.45) is 1.06. The summed E-state index contributed by atoms with van der Waals surface area (Å²) in [5.41, 5.74) is 6.23. The number of carbonyl (C=O) groups excluding carboxylic acids is 1. The van der Waals surface area contributed by atoms with Gasteiger partial charge in [-0.1, -0.05) is 30.3 Å². The van der Waals surface area contributed by atoms with Crippen LogP contribution in [0.25, 0.3) is 0 Å². The van der Waals surface area contributed by atoms with Crippen LogP contribution in [0.3, 0.4) is 0 Å². The molecule has 3 nitrogen and oxygen atoms in total. The molecule has 1 heterocycles. The third kappa shape index (κ3) is 2.87. The van der Waals surface area contributed by atoms with Crippen molar-refractivity contribution >= 4 is 17.7 Å². The van der Waals surface area contributed by atoms with Crippen LogP contribution in [0.1, 0.15) is 18.9 Å². The zero-order valence-corrected chi connectivity index (χ0v) is 11.6. The van der Waals surface area contributed by atoms with Crippen LogP contribution in [-0.2, 0) is 10.3 Å². The second-order valence-electron chi connectivity index (χ2n) is 4.83. The van der Waals surface area contributed by atoms with Gasteiger partial charge in [0.05, 0.1) is 0 Å². The summed E-state index contributed by atoms with van der Waals surface area (Å²) >= 11 is 1.91. The van der Waals surface area contributed by atoms with Gasteiger partial charge in [0.1, 0.15) is 5.54 Å². The second kappa shape index (κ2) is 5.76. The first-order valence-corrected chi connectivity index (χ1v) is 7.49. The molecule has 1 saturated heterocycles. The van der Waals surface area contributed by atoms with E-state index < -0.39 is 5.54 Å². The van der Waals surface area contributed by atoms with Crippen molar-refractivity contribution < 1.29 is 4.79 Å². The van der Waals surface area contributed by atoms with E-state index in [9.17, 15) is 4.79 Å². The van der Waals surface area contributed by atoms with Gasteiger partial charge in [-0.15, -0.1) is 0 Å². The first-order chi connectivity index (χ1) is 8.62. The Kier molecular flexibility index (Phi) is 4.30. The topological polar surface area (TPSA) is 46.3 Å². The number of rotatable bonds is 2. The van der Waals surface area contributed by atoms with Gasteiger partial charge in [0, 0.05) is 18.8 Å². The van der Waals surface area contributed by atoms with Crippen molar-refractivity contribution in [2.75, 3.05) is 24.6 Å². The predicted octanol–water partition coefficient (Wildman–Crippen LogP) is 1.83. The molecule has 4 heteroatoms. The average Bonchev–Trinajstić information content (AvgIpc) is 2.67. The summed E-state index contributed by atoms with van der Waals surface area (Å²) < 4.78 is 0. The van der Waals surface area contributed by atoms with Gasteiger partial charge in [-0.3, -0.25) is 4.79 Å². The lowest BCUT2D eigenvalue weighted by atomic mass is 9.91. The molecule has 1 amide bonds. The Morgan fingerprint density at radius 3 is 2.72 bits per heavy atom. The molecule has 2 N–H and O–H groups in total. The molecule has 1 fully saturated rings. The number of carbonyl (C=O) groups is 1. The van der Waals surface area contributed by atoms with E-state index in [2.05, 4.69) is 0 Å². The van der Waals surface area contributed by atoms with E-state index in [1.165, 1.54) is 0 Å². The molecule has 1 aliphatic heterocycles. The minimum Gasteiger partial charge on any atom is -0.340 e. The summed E-state index contributed by atoms with van der Waals surface area (Å²) in [5.74, 6) is 2.18. The number of thioether (sulfide) groups is 1. The lowest BCUT2D eigenvalue weighted by Gasteiger charge is -2.31. The van der Waals surface area contributed by atoms with Crippen molar-refractivity contribution in [2.45, 2.75) is 18.9 Å². The minimum atomic E-state index is -0.920. The summed E-state index contributed by atoms with van der Waals surface area (Å²) in [4.78, 5) is 14.5. The highest BCUT2D eigenvalue weighted by Crippen LogP contribution is 2.22. The number of amides is 1. The Morgan fingerprint density at radius 2 is 2.00 bits per heavy atom. The van der Waals surface area contributed by atoms with Crippen molar-refractivity contribution in [3.63, 3.8) is 0 Å². The number of nitrogens with zero attached hydrogens (tertiary/aromatic N) is 1. The molecule has 1 aromatic carbocycles. The highest BCUT2D eigenvalue weighted by atomic mass is 32.2. The zero-order valence-electron chi connectivity index (χ0n) is 10.8. The van der Waals surface area contributed by atoms with Gasteiger partial charge in [0.15, 0.2) is 0 Å². The highest BCUT2D eigenvalue weighted by Gasteiger charge is 2.34. The summed E-state index contributed by atoms with van der Waals surface area (Å²) in [7, 11) is 0. The zero-order chi connectivity index (χ0) is 13.0. The predicted molar refractivity (Wildman–Crippen MR) is 76.5 cm³/mol. The molecule has 1 aromatic rings. The van der Waals surface area contributed by atoms with Gasteiger partial charge >= 0.3 is 0 Å². The fraction of sp³-hybridized carbons (Fsp3) is 0.500. The Balaban J connectivity index is 2.16. The van der Waals surface area contributed by atoms with Crippen molar-refractivity contribution in [3.05, 3.63) is 35.9 Å². The molecule has 1 atom stereocenters. The normalized spacial score (nSPS) is 20.0. The molecular weight excluding hydrogens is 244 g/mol. The first-order valence-electron chi connectivity index (χ1n) is 6.34. The summed E-state index contributed by atoms with van der Waals surface area (Å²) in [6, 6.07) is 9.62. The van der Waals surface area contributed by atoms with Gasteiger partial charge in [0.25, 0.3) is 0 Å². The van der Waals surface area contributed by atoms with E-state index in [1.807, 2.05) is 53.9 Å². The number of nitrogens with two attached hydrogens (primary N) is 1. The summed E-state index contributed by atoms with van der Waals surface area (Å²) in [5, 5.41) is 0. The van der Waals surface area contributed by atoms with Crippen LogP contribution in [0.15, 0.2) is 30.3 Å². The van der Waals surface area contributed by atoms with Crippen molar-refractivity contribution in [1.82, 2.24) is 4.90 Å². The van der Waals surface area contributed by atoms with E-state index in [4.69, 9.17) is 5.73 Å². The molecule has 0 saturated carbocycles. The number of benzene rings is 1. The Hall–Kier alpha value is -1.00. The average molecular weight is 264 g/mol. The largest absolute Gasteiger partial charge is 0.340 e. The molecule has 0 spiro atoms. The van der Waals surface area contributed by atoms with Crippen LogP contribution in [-0.4, -0.2) is 35.4 Å². The van der Waals surface area contributed by atoms with Gasteiger partial charge in [-0.05, 0) is 24.7 Å². The van der Waals surface area contributed by atoms with Crippen molar-refractivity contribution in [2.24, 2.45) is 5.73 Å². The van der Waals surface area contributed by atoms with Crippen molar-refractivity contribution in [3.8, 4) is 0 Å². The van der Waals surface area contributed by atoms with Crippen LogP contribution in [0.5, 0.6) is 0 Å². The molecule has 2 rings (SSSR count). The Labute approximate surface area is 113 Å². The Morgan fingerprint density at radius 1 is 1.28 bits per heavy atom. The van der Waals surface area contributed by atoms with Crippen LogP contribution in [0.2, 0.25) is 0 Å². The molecule has 98 valence electrons. The maximum absolute atomic E-state index is 12.6. The van der Waals surface area contributed by atoms with Gasteiger partial charge < -0.3 is 10.6 Å². The second-order valence-corrected chi connectivity index (χ2v) is 6.05. The van der Waals surface area contributed by atoms with Crippen LogP contribution in [0, 0.1) is 0 Å². The third-order valence-electron chi connectivity index (χ3n) is 3.33. The molecule has 1 unspecified atom stereocenters.